The van der Waals surface area contributed by atoms with Crippen LogP contribution in [0.15, 0.2) is 36.6 Å². The van der Waals surface area contributed by atoms with Gasteiger partial charge >= 0.3 is 0 Å². The molecule has 0 aromatic carbocycles. The first kappa shape index (κ1) is 20.7. The summed E-state index contributed by atoms with van der Waals surface area (Å²) in [4.78, 5) is 11.1. The molecule has 0 aromatic heterocycles. The van der Waals surface area contributed by atoms with Gasteiger partial charge in [-0.15, -0.1) is 0 Å². The van der Waals surface area contributed by atoms with Gasteiger partial charge in [0.25, 0.3) is 0 Å². The lowest BCUT2D eigenvalue weighted by atomic mass is 10.1. The maximum Gasteiger partial charge on any atom is 0.155 e. The van der Waals surface area contributed by atoms with Crippen molar-refractivity contribution < 1.29 is 9.53 Å². The standard InChI is InChI=1S/C20H34O2/c1-4-6-7-8-9-10-11-12-13-17-20(22-3)18-15-14-16-19(21)5-2/h5,13,17-18H,2,4,6-12,14-16H2,1,3H3/b17-13+,20-18-. The molecule has 0 aliphatic heterocycles. The second kappa shape index (κ2) is 16.1. The highest BCUT2D eigenvalue weighted by molar-refractivity contribution is 5.88. The SMILES string of the molecule is C=CC(=O)CCC/C=C(/C=C/CCCCCCCCC)OC. The molecule has 0 bridgehead atoms. The van der Waals surface area contributed by atoms with Crippen LogP contribution < -0.4 is 0 Å². The number of hydrogen-bond acceptors (Lipinski definition) is 2. The highest BCUT2D eigenvalue weighted by Gasteiger charge is 1.95. The Labute approximate surface area is 137 Å². The van der Waals surface area contributed by atoms with Gasteiger partial charge in [-0.2, -0.15) is 0 Å². The minimum absolute atomic E-state index is 0.113. The third-order valence-electron chi connectivity index (χ3n) is 3.69. The highest BCUT2D eigenvalue weighted by atomic mass is 16.5. The lowest BCUT2D eigenvalue weighted by Crippen LogP contribution is -1.90. The largest absolute Gasteiger partial charge is 0.497 e. The van der Waals surface area contributed by atoms with Crippen molar-refractivity contribution in [2.45, 2.75) is 77.6 Å². The Morgan fingerprint density at radius 1 is 1.00 bits per heavy atom. The molecule has 0 rings (SSSR count). The topological polar surface area (TPSA) is 26.3 Å². The molecule has 2 nitrogen and oxygen atoms in total. The Hall–Kier alpha value is -1.31. The molecular formula is C20H34O2. The first-order chi connectivity index (χ1) is 10.7. The van der Waals surface area contributed by atoms with Crippen LogP contribution in [-0.2, 0) is 9.53 Å². The van der Waals surface area contributed by atoms with Gasteiger partial charge in [-0.25, -0.2) is 0 Å². The van der Waals surface area contributed by atoms with Crippen LogP contribution in [0.25, 0.3) is 0 Å². The molecule has 0 heterocycles. The third kappa shape index (κ3) is 13.7. The third-order valence-corrected chi connectivity index (χ3v) is 3.69. The van der Waals surface area contributed by atoms with Crippen LogP contribution in [0.5, 0.6) is 0 Å². The quantitative estimate of drug-likeness (QED) is 0.157. The van der Waals surface area contributed by atoms with Crippen LogP contribution in [0, 0.1) is 0 Å². The predicted octanol–water partition coefficient (Wildman–Crippen LogP) is 6.14. The van der Waals surface area contributed by atoms with Gasteiger partial charge < -0.3 is 4.74 Å². The van der Waals surface area contributed by atoms with Gasteiger partial charge in [0.1, 0.15) is 5.76 Å². The molecule has 0 amide bonds. The number of methoxy groups -OCH3 is 1. The number of unbranched alkanes of at least 4 members (excludes halogenated alkanes) is 8. The highest BCUT2D eigenvalue weighted by Crippen LogP contribution is 2.10. The number of carbonyl (C=O) groups excluding carboxylic acids is 1. The van der Waals surface area contributed by atoms with Crippen LogP contribution in [0.3, 0.4) is 0 Å². The smallest absolute Gasteiger partial charge is 0.155 e. The van der Waals surface area contributed by atoms with E-state index in [4.69, 9.17) is 4.74 Å². The summed E-state index contributed by atoms with van der Waals surface area (Å²) in [6.45, 7) is 5.73. The Kier molecular flexibility index (Phi) is 15.1. The molecule has 0 fully saturated rings. The van der Waals surface area contributed by atoms with Gasteiger partial charge in [-0.05, 0) is 43.9 Å². The number of rotatable bonds is 15. The monoisotopic (exact) mass is 306 g/mol. The Bertz CT molecular complexity index is 340. The van der Waals surface area contributed by atoms with Gasteiger partial charge in [-0.1, -0.05) is 58.1 Å². The van der Waals surface area contributed by atoms with E-state index in [9.17, 15) is 4.79 Å². The number of ketones is 1. The average Bonchev–Trinajstić information content (AvgIpc) is 2.54. The van der Waals surface area contributed by atoms with E-state index in [1.807, 2.05) is 6.08 Å². The summed E-state index contributed by atoms with van der Waals surface area (Å²) in [6, 6.07) is 0. The van der Waals surface area contributed by atoms with Crippen molar-refractivity contribution in [3.8, 4) is 0 Å². The number of allylic oxidation sites excluding steroid dienone is 4. The van der Waals surface area contributed by atoms with Gasteiger partial charge in [0.15, 0.2) is 5.78 Å². The van der Waals surface area contributed by atoms with E-state index >= 15 is 0 Å². The fraction of sp³-hybridized carbons (Fsp3) is 0.650. The van der Waals surface area contributed by atoms with Crippen LogP contribution >= 0.6 is 0 Å². The molecule has 0 saturated heterocycles. The number of carbonyl (C=O) groups is 1. The average molecular weight is 306 g/mol. The van der Waals surface area contributed by atoms with E-state index in [1.165, 1.54) is 51.0 Å². The molecule has 126 valence electrons. The zero-order valence-corrected chi connectivity index (χ0v) is 14.6. The minimum atomic E-state index is 0.113. The van der Waals surface area contributed by atoms with Gasteiger partial charge in [0, 0.05) is 6.42 Å². The zero-order valence-electron chi connectivity index (χ0n) is 14.6. The van der Waals surface area contributed by atoms with Crippen molar-refractivity contribution in [1.29, 1.82) is 0 Å². The van der Waals surface area contributed by atoms with E-state index in [0.29, 0.717) is 6.42 Å². The maximum atomic E-state index is 11.1. The van der Waals surface area contributed by atoms with E-state index in [1.54, 1.807) is 7.11 Å². The molecule has 0 aliphatic rings. The molecule has 0 atom stereocenters. The van der Waals surface area contributed by atoms with E-state index in [-0.39, 0.29) is 5.78 Å². The summed E-state index contributed by atoms with van der Waals surface area (Å²) in [5.41, 5.74) is 0. The molecule has 22 heavy (non-hydrogen) atoms. The summed E-state index contributed by atoms with van der Waals surface area (Å²) in [7, 11) is 1.69. The predicted molar refractivity (Wildman–Crippen MR) is 95.9 cm³/mol. The molecule has 0 aliphatic carbocycles. The number of hydrogen-bond donors (Lipinski definition) is 0. The Morgan fingerprint density at radius 3 is 2.32 bits per heavy atom. The lowest BCUT2D eigenvalue weighted by Gasteiger charge is -2.01. The van der Waals surface area contributed by atoms with E-state index in [0.717, 1.165) is 25.0 Å². The number of ether oxygens (including phenoxy) is 1. The lowest BCUT2D eigenvalue weighted by molar-refractivity contribution is -0.114. The van der Waals surface area contributed by atoms with Crippen molar-refractivity contribution in [1.82, 2.24) is 0 Å². The van der Waals surface area contributed by atoms with Crippen molar-refractivity contribution >= 4 is 5.78 Å². The zero-order chi connectivity index (χ0) is 16.5. The fourth-order valence-corrected chi connectivity index (χ4v) is 2.26. The van der Waals surface area contributed by atoms with Crippen LogP contribution in [0.1, 0.15) is 77.6 Å². The van der Waals surface area contributed by atoms with Crippen molar-refractivity contribution in [2.75, 3.05) is 7.11 Å². The normalized spacial score (nSPS) is 11.8. The summed E-state index contributed by atoms with van der Waals surface area (Å²) in [6.07, 6.45) is 20.5. The molecule has 0 unspecified atom stereocenters. The molecule has 2 heteroatoms. The van der Waals surface area contributed by atoms with Crippen LogP contribution in [-0.4, -0.2) is 12.9 Å². The van der Waals surface area contributed by atoms with Crippen LogP contribution in [0.2, 0.25) is 0 Å². The van der Waals surface area contributed by atoms with Crippen LogP contribution in [0.4, 0.5) is 0 Å². The second-order valence-corrected chi connectivity index (χ2v) is 5.69. The van der Waals surface area contributed by atoms with Crippen molar-refractivity contribution in [3.63, 3.8) is 0 Å². The summed E-state index contributed by atoms with van der Waals surface area (Å²) < 4.78 is 5.32. The fourth-order valence-electron chi connectivity index (χ4n) is 2.26. The summed E-state index contributed by atoms with van der Waals surface area (Å²) in [5.74, 6) is 1.01. The van der Waals surface area contributed by atoms with Gasteiger partial charge in [-0.3, -0.25) is 4.79 Å². The molecule has 0 spiro atoms. The maximum absolute atomic E-state index is 11.1. The first-order valence-corrected chi connectivity index (χ1v) is 8.80. The molecule has 0 radical (unpaired) electrons. The molecule has 0 N–H and O–H groups in total. The minimum Gasteiger partial charge on any atom is -0.497 e. The Morgan fingerprint density at radius 2 is 1.68 bits per heavy atom. The Balaban J connectivity index is 3.69. The first-order valence-electron chi connectivity index (χ1n) is 8.80. The van der Waals surface area contributed by atoms with Crippen molar-refractivity contribution in [3.05, 3.63) is 36.6 Å². The van der Waals surface area contributed by atoms with E-state index < -0.39 is 0 Å². The summed E-state index contributed by atoms with van der Waals surface area (Å²) >= 11 is 0. The second-order valence-electron chi connectivity index (χ2n) is 5.69. The molecular weight excluding hydrogens is 272 g/mol. The van der Waals surface area contributed by atoms with Crippen molar-refractivity contribution in [2.24, 2.45) is 0 Å². The van der Waals surface area contributed by atoms with Gasteiger partial charge in [0.2, 0.25) is 0 Å². The molecule has 0 saturated carbocycles. The molecule has 0 aromatic rings. The van der Waals surface area contributed by atoms with Gasteiger partial charge in [0.05, 0.1) is 7.11 Å². The summed E-state index contributed by atoms with van der Waals surface area (Å²) in [5, 5.41) is 0. The van der Waals surface area contributed by atoms with E-state index in [2.05, 4.69) is 25.7 Å².